The van der Waals surface area contributed by atoms with E-state index < -0.39 is 17.7 Å². The third-order valence-corrected chi connectivity index (χ3v) is 6.76. The van der Waals surface area contributed by atoms with Gasteiger partial charge in [0.1, 0.15) is 5.75 Å². The van der Waals surface area contributed by atoms with Crippen LogP contribution >= 0.6 is 11.3 Å². The van der Waals surface area contributed by atoms with Crippen LogP contribution < -0.4 is 9.64 Å². The number of ether oxygens (including phenoxy) is 1. The van der Waals surface area contributed by atoms with Gasteiger partial charge in [0.2, 0.25) is 5.78 Å². The third-order valence-electron chi connectivity index (χ3n) is 5.89. The van der Waals surface area contributed by atoms with Crippen molar-refractivity contribution in [3.8, 4) is 5.75 Å². The first-order valence-electron chi connectivity index (χ1n) is 11.4. The maximum Gasteiger partial charge on any atom is 0.290 e. The average molecular weight is 458 g/mol. The van der Waals surface area contributed by atoms with Crippen LogP contribution in [0.2, 0.25) is 0 Å². The van der Waals surface area contributed by atoms with Gasteiger partial charge in [0.25, 0.3) is 5.91 Å². The molecule has 0 spiro atoms. The van der Waals surface area contributed by atoms with Gasteiger partial charge in [-0.2, -0.15) is 0 Å². The van der Waals surface area contributed by atoms with E-state index in [2.05, 4.69) is 13.8 Å². The standard InChI is InChI=1S/C25H32N2O4S/c1-4-16-31-19-12-10-18(11-13-19)22-21(23(28)20-9-7-17-32-20)24(29)25(30)27(22)15-8-14-26(5-2)6-3/h7,9-13,17,22,29H,4-6,8,14-16H2,1-3H3/p+1/t22-/m0/s1. The average Bonchev–Trinajstić information content (AvgIpc) is 3.43. The van der Waals surface area contributed by atoms with Gasteiger partial charge in [-0.3, -0.25) is 9.59 Å². The zero-order chi connectivity index (χ0) is 23.1. The highest BCUT2D eigenvalue weighted by atomic mass is 32.1. The normalized spacial score (nSPS) is 16.3. The minimum absolute atomic E-state index is 0.162. The second-order valence-electron chi connectivity index (χ2n) is 7.95. The molecule has 1 aliphatic rings. The molecule has 6 nitrogen and oxygen atoms in total. The van der Waals surface area contributed by atoms with Crippen LogP contribution in [0.15, 0.2) is 53.1 Å². The number of hydrogen-bond acceptors (Lipinski definition) is 5. The van der Waals surface area contributed by atoms with Crippen molar-refractivity contribution in [2.24, 2.45) is 0 Å². The van der Waals surface area contributed by atoms with E-state index in [1.165, 1.54) is 16.2 Å². The lowest BCUT2D eigenvalue weighted by Gasteiger charge is -2.27. The smallest absolute Gasteiger partial charge is 0.290 e. The molecule has 3 rings (SSSR count). The molecule has 0 unspecified atom stereocenters. The van der Waals surface area contributed by atoms with E-state index in [1.54, 1.807) is 17.0 Å². The summed E-state index contributed by atoms with van der Waals surface area (Å²) in [5.74, 6) is -0.458. The first-order valence-corrected chi connectivity index (χ1v) is 12.3. The lowest BCUT2D eigenvalue weighted by Crippen LogP contribution is -3.11. The summed E-state index contributed by atoms with van der Waals surface area (Å²) >= 11 is 1.31. The Morgan fingerprint density at radius 1 is 1.16 bits per heavy atom. The number of amides is 1. The Bertz CT molecular complexity index is 933. The Balaban J connectivity index is 1.90. The van der Waals surface area contributed by atoms with Crippen molar-refractivity contribution in [2.45, 2.75) is 39.7 Å². The highest BCUT2D eigenvalue weighted by molar-refractivity contribution is 7.12. The summed E-state index contributed by atoms with van der Waals surface area (Å²) in [5, 5.41) is 12.6. The van der Waals surface area contributed by atoms with Gasteiger partial charge in [0.15, 0.2) is 5.76 Å². The monoisotopic (exact) mass is 457 g/mol. The molecule has 172 valence electrons. The van der Waals surface area contributed by atoms with Crippen LogP contribution in [0.25, 0.3) is 0 Å². The number of carbonyl (C=O) groups excluding carboxylic acids is 2. The quantitative estimate of drug-likeness (QED) is 0.479. The van der Waals surface area contributed by atoms with E-state index in [1.807, 2.05) is 36.6 Å². The summed E-state index contributed by atoms with van der Waals surface area (Å²) in [6.07, 6.45) is 1.71. The third kappa shape index (κ3) is 5.22. The summed E-state index contributed by atoms with van der Waals surface area (Å²) in [6, 6.07) is 10.4. The summed E-state index contributed by atoms with van der Waals surface area (Å²) in [5.41, 5.74) is 0.955. The van der Waals surface area contributed by atoms with E-state index in [-0.39, 0.29) is 11.4 Å². The predicted octanol–water partition coefficient (Wildman–Crippen LogP) is 3.43. The van der Waals surface area contributed by atoms with Gasteiger partial charge in [0.05, 0.1) is 42.7 Å². The van der Waals surface area contributed by atoms with Crippen molar-refractivity contribution in [2.75, 3.05) is 32.8 Å². The molecule has 1 atom stereocenters. The molecule has 0 bridgehead atoms. The van der Waals surface area contributed by atoms with Crippen molar-refractivity contribution < 1.29 is 24.3 Å². The van der Waals surface area contributed by atoms with Gasteiger partial charge >= 0.3 is 0 Å². The van der Waals surface area contributed by atoms with Gasteiger partial charge in [-0.05, 0) is 49.4 Å². The Labute approximate surface area is 194 Å². The first-order chi connectivity index (χ1) is 15.5. The van der Waals surface area contributed by atoms with Gasteiger partial charge in [0, 0.05) is 13.0 Å². The number of aliphatic hydroxyl groups is 1. The van der Waals surface area contributed by atoms with Gasteiger partial charge in [-0.25, -0.2) is 0 Å². The number of nitrogens with one attached hydrogen (secondary N) is 1. The van der Waals surface area contributed by atoms with Crippen molar-refractivity contribution in [1.82, 2.24) is 4.90 Å². The van der Waals surface area contributed by atoms with Crippen LogP contribution in [0, 0.1) is 0 Å². The van der Waals surface area contributed by atoms with Crippen LogP contribution in [0.5, 0.6) is 5.75 Å². The van der Waals surface area contributed by atoms with E-state index >= 15 is 0 Å². The van der Waals surface area contributed by atoms with Crippen molar-refractivity contribution in [3.63, 3.8) is 0 Å². The Morgan fingerprint density at radius 3 is 2.47 bits per heavy atom. The van der Waals surface area contributed by atoms with Crippen LogP contribution in [-0.4, -0.2) is 54.5 Å². The Kier molecular flexibility index (Phi) is 8.47. The molecule has 1 aromatic heterocycles. The molecular weight excluding hydrogens is 424 g/mol. The molecule has 2 aromatic rings. The fourth-order valence-electron chi connectivity index (χ4n) is 4.07. The van der Waals surface area contributed by atoms with Crippen molar-refractivity contribution >= 4 is 23.0 Å². The van der Waals surface area contributed by atoms with Crippen molar-refractivity contribution in [1.29, 1.82) is 0 Å². The lowest BCUT2D eigenvalue weighted by atomic mass is 9.95. The zero-order valence-corrected chi connectivity index (χ0v) is 19.9. The number of Topliss-reactive ketones (excluding diaryl/α,β-unsaturated/α-hetero) is 1. The molecule has 2 heterocycles. The summed E-state index contributed by atoms with van der Waals surface area (Å²) in [6.45, 7) is 10.4. The van der Waals surface area contributed by atoms with Crippen LogP contribution in [0.3, 0.4) is 0 Å². The van der Waals surface area contributed by atoms with Crippen molar-refractivity contribution in [3.05, 3.63) is 63.6 Å². The van der Waals surface area contributed by atoms with Crippen LogP contribution in [-0.2, 0) is 4.79 Å². The van der Waals surface area contributed by atoms with Crippen LogP contribution in [0.1, 0.15) is 54.9 Å². The Morgan fingerprint density at radius 2 is 1.88 bits per heavy atom. The molecule has 32 heavy (non-hydrogen) atoms. The van der Waals surface area contributed by atoms with Gasteiger partial charge in [-0.1, -0.05) is 25.1 Å². The van der Waals surface area contributed by atoms with E-state index in [4.69, 9.17) is 4.74 Å². The maximum absolute atomic E-state index is 13.3. The van der Waals surface area contributed by atoms with Gasteiger partial charge in [-0.15, -0.1) is 11.3 Å². The minimum atomic E-state index is -0.607. The number of thiophene rings is 1. The van der Waals surface area contributed by atoms with Crippen LogP contribution in [0.4, 0.5) is 0 Å². The number of quaternary nitrogens is 1. The summed E-state index contributed by atoms with van der Waals surface area (Å²) in [4.78, 5) is 29.9. The number of carbonyl (C=O) groups is 2. The number of rotatable bonds is 12. The molecule has 1 aliphatic heterocycles. The molecule has 0 saturated carbocycles. The second-order valence-corrected chi connectivity index (χ2v) is 8.90. The van der Waals surface area contributed by atoms with E-state index in [9.17, 15) is 14.7 Å². The molecule has 7 heteroatoms. The van der Waals surface area contributed by atoms with Gasteiger partial charge < -0.3 is 19.6 Å². The highest BCUT2D eigenvalue weighted by Gasteiger charge is 2.43. The first kappa shape index (κ1) is 24.0. The lowest BCUT2D eigenvalue weighted by molar-refractivity contribution is -0.896. The molecular formula is C25H33N2O4S+. The summed E-state index contributed by atoms with van der Waals surface area (Å²) in [7, 11) is 0. The number of aliphatic hydroxyl groups excluding tert-OH is 1. The Hall–Kier alpha value is -2.64. The highest BCUT2D eigenvalue weighted by Crippen LogP contribution is 2.39. The SMILES string of the molecule is CCCOc1ccc([C@H]2C(C(=O)c3cccs3)=C(O)C(=O)N2CCC[NH+](CC)CC)cc1. The number of hydrogen-bond donors (Lipinski definition) is 2. The molecule has 0 aliphatic carbocycles. The molecule has 1 aromatic carbocycles. The summed E-state index contributed by atoms with van der Waals surface area (Å²) < 4.78 is 5.68. The topological polar surface area (TPSA) is 71.3 Å². The van der Waals surface area contributed by atoms with E-state index in [0.29, 0.717) is 18.0 Å². The fraction of sp³-hybridized carbons (Fsp3) is 0.440. The number of nitrogens with zero attached hydrogens (tertiary/aromatic N) is 1. The largest absolute Gasteiger partial charge is 0.503 e. The number of ketones is 1. The molecule has 0 fully saturated rings. The maximum atomic E-state index is 13.3. The number of benzene rings is 1. The molecule has 0 saturated heterocycles. The fourth-order valence-corrected chi connectivity index (χ4v) is 4.75. The zero-order valence-electron chi connectivity index (χ0n) is 19.1. The van der Waals surface area contributed by atoms with E-state index in [0.717, 1.165) is 43.8 Å². The predicted molar refractivity (Wildman–Crippen MR) is 127 cm³/mol. The molecule has 1 amide bonds. The second kappa shape index (κ2) is 11.3. The molecule has 0 radical (unpaired) electrons. The molecule has 2 N–H and O–H groups in total. The minimum Gasteiger partial charge on any atom is -0.503 e.